The van der Waals surface area contributed by atoms with Crippen LogP contribution >= 0.6 is 0 Å². The van der Waals surface area contributed by atoms with E-state index in [-0.39, 0.29) is 0 Å². The quantitative estimate of drug-likeness (QED) is 0.872. The Hall–Kier alpha value is -1.68. The second kappa shape index (κ2) is 4.30. The first-order chi connectivity index (χ1) is 8.31. The Bertz CT molecular complexity index is 500. The number of hydrogen-bond acceptors (Lipinski definition) is 4. The predicted octanol–water partition coefficient (Wildman–Crippen LogP) is 1.81. The number of benzene rings is 1. The molecule has 0 amide bonds. The van der Waals surface area contributed by atoms with E-state index in [1.54, 1.807) is 0 Å². The molecule has 1 saturated heterocycles. The molecular formula is C13H15N3O. The van der Waals surface area contributed by atoms with Gasteiger partial charge in [-0.25, -0.2) is 0 Å². The Morgan fingerprint density at radius 2 is 2.06 bits per heavy atom. The summed E-state index contributed by atoms with van der Waals surface area (Å²) in [6.07, 6.45) is 0.905. The number of rotatable bonds is 3. The molecule has 1 aromatic carbocycles. The minimum absolute atomic E-state index is 0.618. The van der Waals surface area contributed by atoms with Crippen LogP contribution in [0.25, 0.3) is 11.5 Å². The zero-order chi connectivity index (χ0) is 11.7. The van der Waals surface area contributed by atoms with Crippen LogP contribution in [0.5, 0.6) is 0 Å². The molecule has 3 rings (SSSR count). The minimum Gasteiger partial charge on any atom is -0.334 e. The van der Waals surface area contributed by atoms with Crippen LogP contribution < -0.4 is 5.32 Å². The minimum atomic E-state index is 0.618. The molecule has 0 radical (unpaired) electrons. The first-order valence-corrected chi connectivity index (χ1v) is 5.91. The van der Waals surface area contributed by atoms with Crippen molar-refractivity contribution in [3.8, 4) is 11.5 Å². The van der Waals surface area contributed by atoms with Crippen LogP contribution in [-0.4, -0.2) is 23.2 Å². The molecule has 0 spiro atoms. The molecule has 4 heteroatoms. The third kappa shape index (κ3) is 2.22. The zero-order valence-electron chi connectivity index (χ0n) is 9.81. The molecular weight excluding hydrogens is 214 g/mol. The van der Waals surface area contributed by atoms with E-state index in [2.05, 4.69) is 34.5 Å². The van der Waals surface area contributed by atoms with Crippen LogP contribution in [-0.2, 0) is 6.42 Å². The predicted molar refractivity (Wildman–Crippen MR) is 64.5 cm³/mol. The van der Waals surface area contributed by atoms with Gasteiger partial charge in [-0.2, -0.15) is 4.98 Å². The second-order valence-corrected chi connectivity index (χ2v) is 4.61. The lowest BCUT2D eigenvalue weighted by molar-refractivity contribution is 0.333. The third-order valence-corrected chi connectivity index (χ3v) is 3.10. The van der Waals surface area contributed by atoms with E-state index >= 15 is 0 Å². The van der Waals surface area contributed by atoms with Gasteiger partial charge in [-0.1, -0.05) is 22.9 Å². The molecule has 1 N–H and O–H groups in total. The average Bonchev–Trinajstić information content (AvgIpc) is 2.73. The largest absolute Gasteiger partial charge is 0.334 e. The zero-order valence-corrected chi connectivity index (χ0v) is 9.81. The summed E-state index contributed by atoms with van der Waals surface area (Å²) in [6.45, 7) is 4.19. The lowest BCUT2D eigenvalue weighted by Gasteiger charge is -2.25. The summed E-state index contributed by atoms with van der Waals surface area (Å²) in [4.78, 5) is 4.43. The molecule has 0 atom stereocenters. The summed E-state index contributed by atoms with van der Waals surface area (Å²) >= 11 is 0. The number of hydrogen-bond donors (Lipinski definition) is 1. The fraction of sp³-hybridized carbons (Fsp3) is 0.385. The Kier molecular flexibility index (Phi) is 2.65. The van der Waals surface area contributed by atoms with Crippen molar-refractivity contribution in [3.63, 3.8) is 0 Å². The molecule has 0 aliphatic carbocycles. The van der Waals surface area contributed by atoms with E-state index in [0.717, 1.165) is 30.9 Å². The summed E-state index contributed by atoms with van der Waals surface area (Å²) in [5, 5.41) is 7.26. The van der Waals surface area contributed by atoms with Crippen molar-refractivity contribution in [1.29, 1.82) is 0 Å². The van der Waals surface area contributed by atoms with Crippen molar-refractivity contribution in [2.24, 2.45) is 5.92 Å². The van der Waals surface area contributed by atoms with Gasteiger partial charge in [-0.05, 0) is 38.1 Å². The molecule has 0 unspecified atom stereocenters. The Labute approximate surface area is 100 Å². The number of nitrogens with zero attached hydrogens (tertiary/aromatic N) is 2. The van der Waals surface area contributed by atoms with E-state index < -0.39 is 0 Å². The lowest BCUT2D eigenvalue weighted by atomic mass is 9.99. The van der Waals surface area contributed by atoms with Crippen molar-refractivity contribution < 1.29 is 4.52 Å². The van der Waals surface area contributed by atoms with Crippen LogP contribution in [0, 0.1) is 12.8 Å². The fourth-order valence-electron chi connectivity index (χ4n) is 1.90. The van der Waals surface area contributed by atoms with Crippen LogP contribution in [0.4, 0.5) is 0 Å². The van der Waals surface area contributed by atoms with E-state index in [4.69, 9.17) is 4.52 Å². The van der Waals surface area contributed by atoms with Crippen molar-refractivity contribution in [1.82, 2.24) is 15.5 Å². The van der Waals surface area contributed by atoms with Gasteiger partial charge >= 0.3 is 0 Å². The van der Waals surface area contributed by atoms with Gasteiger partial charge in [-0.3, -0.25) is 0 Å². The lowest BCUT2D eigenvalue weighted by Crippen LogP contribution is -2.43. The highest BCUT2D eigenvalue weighted by atomic mass is 16.5. The van der Waals surface area contributed by atoms with Crippen LogP contribution in [0.1, 0.15) is 11.4 Å². The van der Waals surface area contributed by atoms with Gasteiger partial charge in [0.2, 0.25) is 0 Å². The van der Waals surface area contributed by atoms with E-state index in [1.165, 1.54) is 5.56 Å². The van der Waals surface area contributed by atoms with Gasteiger partial charge in [0.05, 0.1) is 0 Å². The average molecular weight is 229 g/mol. The molecule has 1 fully saturated rings. The van der Waals surface area contributed by atoms with Crippen LogP contribution in [0.2, 0.25) is 0 Å². The van der Waals surface area contributed by atoms with Gasteiger partial charge in [0.25, 0.3) is 5.89 Å². The summed E-state index contributed by atoms with van der Waals surface area (Å²) < 4.78 is 5.28. The SMILES string of the molecule is Cc1ccc(-c2nc(CC3CNC3)no2)cc1. The van der Waals surface area contributed by atoms with Gasteiger partial charge in [0.1, 0.15) is 0 Å². The molecule has 0 bridgehead atoms. The van der Waals surface area contributed by atoms with Crippen molar-refractivity contribution in [2.75, 3.05) is 13.1 Å². The molecule has 0 saturated carbocycles. The summed E-state index contributed by atoms with van der Waals surface area (Å²) in [5.74, 6) is 2.10. The smallest absolute Gasteiger partial charge is 0.257 e. The third-order valence-electron chi connectivity index (χ3n) is 3.10. The van der Waals surface area contributed by atoms with Crippen LogP contribution in [0.15, 0.2) is 28.8 Å². The van der Waals surface area contributed by atoms with Gasteiger partial charge < -0.3 is 9.84 Å². The molecule has 4 nitrogen and oxygen atoms in total. The standard InChI is InChI=1S/C13H15N3O/c1-9-2-4-11(5-3-9)13-15-12(16-17-13)6-10-7-14-8-10/h2-5,10,14H,6-8H2,1H3. The molecule has 2 heterocycles. The van der Waals surface area contributed by atoms with Gasteiger partial charge in [0, 0.05) is 12.0 Å². The molecule has 88 valence electrons. The summed E-state index contributed by atoms with van der Waals surface area (Å²) in [6, 6.07) is 8.12. The maximum absolute atomic E-state index is 5.28. The fourth-order valence-corrected chi connectivity index (χ4v) is 1.90. The van der Waals surface area contributed by atoms with Crippen molar-refractivity contribution in [3.05, 3.63) is 35.7 Å². The van der Waals surface area contributed by atoms with Crippen molar-refractivity contribution in [2.45, 2.75) is 13.3 Å². The molecule has 1 aliphatic heterocycles. The topological polar surface area (TPSA) is 51.0 Å². The van der Waals surface area contributed by atoms with E-state index in [9.17, 15) is 0 Å². The maximum atomic E-state index is 5.28. The normalized spacial score (nSPS) is 15.8. The number of nitrogens with one attached hydrogen (secondary N) is 1. The Balaban J connectivity index is 1.76. The first-order valence-electron chi connectivity index (χ1n) is 5.91. The Morgan fingerprint density at radius 3 is 2.71 bits per heavy atom. The molecule has 2 aromatic rings. The van der Waals surface area contributed by atoms with E-state index in [1.807, 2.05) is 12.1 Å². The number of aryl methyl sites for hydroxylation is 1. The monoisotopic (exact) mass is 229 g/mol. The maximum Gasteiger partial charge on any atom is 0.257 e. The number of aromatic nitrogens is 2. The highest BCUT2D eigenvalue weighted by Crippen LogP contribution is 2.19. The highest BCUT2D eigenvalue weighted by molar-refractivity contribution is 5.53. The second-order valence-electron chi connectivity index (χ2n) is 4.61. The van der Waals surface area contributed by atoms with Crippen molar-refractivity contribution >= 4 is 0 Å². The first kappa shape index (κ1) is 10.5. The summed E-state index contributed by atoms with van der Waals surface area (Å²) in [5.41, 5.74) is 2.22. The van der Waals surface area contributed by atoms with Gasteiger partial charge in [-0.15, -0.1) is 0 Å². The van der Waals surface area contributed by atoms with Crippen LogP contribution in [0.3, 0.4) is 0 Å². The highest BCUT2D eigenvalue weighted by Gasteiger charge is 2.20. The molecule has 17 heavy (non-hydrogen) atoms. The Morgan fingerprint density at radius 1 is 1.29 bits per heavy atom. The van der Waals surface area contributed by atoms with Gasteiger partial charge in [0.15, 0.2) is 5.82 Å². The molecule has 1 aromatic heterocycles. The van der Waals surface area contributed by atoms with E-state index in [0.29, 0.717) is 11.8 Å². The summed E-state index contributed by atoms with van der Waals surface area (Å²) in [7, 11) is 0. The molecule has 1 aliphatic rings.